The predicted octanol–water partition coefficient (Wildman–Crippen LogP) is 3.96. The highest BCUT2D eigenvalue weighted by molar-refractivity contribution is 6.14. The molecule has 0 fully saturated rings. The van der Waals surface area contributed by atoms with Gasteiger partial charge in [-0.3, -0.25) is 9.79 Å². The maximum absolute atomic E-state index is 13.0. The molecule has 2 aromatic carbocycles. The summed E-state index contributed by atoms with van der Waals surface area (Å²) in [4.78, 5) is 19.9. The van der Waals surface area contributed by atoms with Crippen molar-refractivity contribution in [3.05, 3.63) is 71.3 Å². The maximum Gasteiger partial charge on any atom is 0.272 e. The minimum atomic E-state index is -0.343. The first kappa shape index (κ1) is 13.5. The number of hydrogen-bond acceptors (Lipinski definition) is 2. The highest BCUT2D eigenvalue weighted by Crippen LogP contribution is 2.28. The molecule has 2 heterocycles. The molecule has 0 atom stereocenters. The van der Waals surface area contributed by atoms with E-state index in [0.29, 0.717) is 11.4 Å². The fourth-order valence-corrected chi connectivity index (χ4v) is 2.72. The molecule has 1 aliphatic rings. The Balaban J connectivity index is 1.78. The number of aliphatic imine (C=N–C) groups is 1. The summed E-state index contributed by atoms with van der Waals surface area (Å²) in [5.74, 6) is -0.620. The maximum atomic E-state index is 13.0. The minimum absolute atomic E-state index is 0.277. The second kappa shape index (κ2) is 5.21. The third kappa shape index (κ3) is 2.32. The van der Waals surface area contributed by atoms with Gasteiger partial charge in [-0.05, 0) is 36.4 Å². The molecule has 4 rings (SSSR count). The number of carbonyl (C=O) groups is 1. The number of nitrogens with zero attached hydrogens (tertiary/aromatic N) is 1. The third-order valence-electron chi connectivity index (χ3n) is 3.77. The summed E-state index contributed by atoms with van der Waals surface area (Å²) in [6.45, 7) is 0. The second-order valence-corrected chi connectivity index (χ2v) is 5.24. The summed E-state index contributed by atoms with van der Waals surface area (Å²) >= 11 is 0. The summed E-state index contributed by atoms with van der Waals surface area (Å²) in [6.07, 6.45) is 5.24. The van der Waals surface area contributed by atoms with E-state index in [-0.39, 0.29) is 11.7 Å². The molecule has 0 radical (unpaired) electrons. The molecule has 112 valence electrons. The fraction of sp³-hybridized carbons (Fsp3) is 0. The Kier molecular flexibility index (Phi) is 3.05. The van der Waals surface area contributed by atoms with E-state index >= 15 is 0 Å². The zero-order valence-corrected chi connectivity index (χ0v) is 12.0. The van der Waals surface area contributed by atoms with Gasteiger partial charge in [-0.1, -0.05) is 12.1 Å². The summed E-state index contributed by atoms with van der Waals surface area (Å²) in [5, 5.41) is 3.74. The van der Waals surface area contributed by atoms with Gasteiger partial charge in [0.15, 0.2) is 0 Å². The molecule has 5 heteroatoms. The lowest BCUT2D eigenvalue weighted by Gasteiger charge is -2.04. The van der Waals surface area contributed by atoms with E-state index in [1.807, 2.05) is 24.3 Å². The van der Waals surface area contributed by atoms with Gasteiger partial charge in [-0.25, -0.2) is 4.39 Å². The van der Waals surface area contributed by atoms with Gasteiger partial charge in [-0.15, -0.1) is 0 Å². The largest absolute Gasteiger partial charge is 0.350 e. The van der Waals surface area contributed by atoms with E-state index in [9.17, 15) is 9.18 Å². The Morgan fingerprint density at radius 3 is 2.78 bits per heavy atom. The quantitative estimate of drug-likeness (QED) is 0.739. The molecule has 4 nitrogen and oxygen atoms in total. The number of hydrogen-bond donors (Lipinski definition) is 2. The van der Waals surface area contributed by atoms with E-state index in [2.05, 4.69) is 15.3 Å². The van der Waals surface area contributed by atoms with Crippen molar-refractivity contribution in [3.63, 3.8) is 0 Å². The molecule has 2 N–H and O–H groups in total. The molecule has 0 bridgehead atoms. The number of aromatic amines is 1. The van der Waals surface area contributed by atoms with Gasteiger partial charge in [-0.2, -0.15) is 0 Å². The Labute approximate surface area is 131 Å². The van der Waals surface area contributed by atoms with Crippen molar-refractivity contribution in [1.82, 2.24) is 4.98 Å². The van der Waals surface area contributed by atoms with Gasteiger partial charge < -0.3 is 10.3 Å². The molecule has 0 aliphatic carbocycles. The molecule has 0 unspecified atom stereocenters. The van der Waals surface area contributed by atoms with Gasteiger partial charge >= 0.3 is 0 Å². The smallest absolute Gasteiger partial charge is 0.272 e. The highest BCUT2D eigenvalue weighted by atomic mass is 19.1. The van der Waals surface area contributed by atoms with Gasteiger partial charge in [0.1, 0.15) is 11.5 Å². The normalized spacial score (nSPS) is 12.4. The number of H-pyrrole nitrogens is 1. The van der Waals surface area contributed by atoms with Crippen LogP contribution in [-0.4, -0.2) is 17.1 Å². The molecular weight excluding hydrogens is 293 g/mol. The van der Waals surface area contributed by atoms with Crippen LogP contribution in [-0.2, 0) is 0 Å². The molecule has 0 saturated heterocycles. The van der Waals surface area contributed by atoms with Crippen molar-refractivity contribution in [2.24, 2.45) is 4.99 Å². The molecular formula is C18H12FN3O. The zero-order chi connectivity index (χ0) is 15.8. The van der Waals surface area contributed by atoms with Crippen molar-refractivity contribution in [1.29, 1.82) is 0 Å². The Morgan fingerprint density at radius 1 is 1.13 bits per heavy atom. The van der Waals surface area contributed by atoms with Gasteiger partial charge in [0.2, 0.25) is 0 Å². The number of halogens is 1. The molecule has 23 heavy (non-hydrogen) atoms. The fourth-order valence-electron chi connectivity index (χ4n) is 2.72. The standard InChI is InChI=1S/C18H12FN3O/c19-12-4-6-13(7-5-12)21-18(23)17-14-8-9-20-10-11-2-1-3-15(22-17)16(11)14/h1-10,22H,(H,21,23). The molecule has 1 amide bonds. The zero-order valence-electron chi connectivity index (χ0n) is 12.0. The van der Waals surface area contributed by atoms with E-state index < -0.39 is 0 Å². The Bertz CT molecular complexity index is 968. The van der Waals surface area contributed by atoms with Gasteiger partial charge in [0.25, 0.3) is 5.91 Å². The molecule has 3 aromatic rings. The first-order valence-electron chi connectivity index (χ1n) is 7.14. The minimum Gasteiger partial charge on any atom is -0.350 e. The van der Waals surface area contributed by atoms with Crippen LogP contribution >= 0.6 is 0 Å². The lowest BCUT2D eigenvalue weighted by atomic mass is 10.1. The van der Waals surface area contributed by atoms with Crippen LogP contribution < -0.4 is 5.32 Å². The van der Waals surface area contributed by atoms with Crippen molar-refractivity contribution in [3.8, 4) is 0 Å². The summed E-state index contributed by atoms with van der Waals surface area (Å²) < 4.78 is 13.0. The third-order valence-corrected chi connectivity index (χ3v) is 3.77. The van der Waals surface area contributed by atoms with Crippen LogP contribution in [0, 0.1) is 5.82 Å². The Hall–Kier alpha value is -3.21. The van der Waals surface area contributed by atoms with E-state index in [4.69, 9.17) is 0 Å². The lowest BCUT2D eigenvalue weighted by Crippen LogP contribution is -2.13. The van der Waals surface area contributed by atoms with Crippen molar-refractivity contribution >= 4 is 34.8 Å². The topological polar surface area (TPSA) is 57.2 Å². The van der Waals surface area contributed by atoms with Gasteiger partial charge in [0.05, 0.1) is 0 Å². The van der Waals surface area contributed by atoms with Crippen LogP contribution in [0.25, 0.3) is 17.0 Å². The number of anilines is 1. The number of benzene rings is 2. The van der Waals surface area contributed by atoms with Crippen molar-refractivity contribution < 1.29 is 9.18 Å². The van der Waals surface area contributed by atoms with E-state index in [0.717, 1.165) is 22.0 Å². The van der Waals surface area contributed by atoms with Gasteiger partial charge in [0, 0.05) is 40.1 Å². The summed E-state index contributed by atoms with van der Waals surface area (Å²) in [6, 6.07) is 11.5. The van der Waals surface area contributed by atoms with Crippen LogP contribution in [0.15, 0.2) is 53.7 Å². The SMILES string of the molecule is O=C(Nc1ccc(F)cc1)c1[nH]c2cccc3c2c1C=CN=C3. The van der Waals surface area contributed by atoms with Crippen LogP contribution in [0.2, 0.25) is 0 Å². The van der Waals surface area contributed by atoms with E-state index in [1.54, 1.807) is 12.4 Å². The highest BCUT2D eigenvalue weighted by Gasteiger charge is 2.18. The number of nitrogens with one attached hydrogen (secondary N) is 2. The molecule has 0 spiro atoms. The second-order valence-electron chi connectivity index (χ2n) is 5.24. The predicted molar refractivity (Wildman–Crippen MR) is 89.3 cm³/mol. The number of rotatable bonds is 2. The van der Waals surface area contributed by atoms with Crippen molar-refractivity contribution in [2.45, 2.75) is 0 Å². The van der Waals surface area contributed by atoms with E-state index in [1.165, 1.54) is 24.3 Å². The number of aromatic nitrogens is 1. The molecule has 1 aliphatic heterocycles. The summed E-state index contributed by atoms with van der Waals surface area (Å²) in [5.41, 5.74) is 3.63. The average Bonchev–Trinajstić information content (AvgIpc) is 2.79. The molecule has 1 aromatic heterocycles. The van der Waals surface area contributed by atoms with Crippen LogP contribution in [0.3, 0.4) is 0 Å². The Morgan fingerprint density at radius 2 is 1.96 bits per heavy atom. The monoisotopic (exact) mass is 305 g/mol. The summed E-state index contributed by atoms with van der Waals surface area (Å²) in [7, 11) is 0. The average molecular weight is 305 g/mol. The van der Waals surface area contributed by atoms with Crippen LogP contribution in [0.4, 0.5) is 10.1 Å². The first-order chi connectivity index (χ1) is 11.2. The number of amides is 1. The van der Waals surface area contributed by atoms with Crippen molar-refractivity contribution in [2.75, 3.05) is 5.32 Å². The van der Waals surface area contributed by atoms with Crippen LogP contribution in [0.5, 0.6) is 0 Å². The first-order valence-corrected chi connectivity index (χ1v) is 7.14. The number of carbonyl (C=O) groups excluding carboxylic acids is 1. The lowest BCUT2D eigenvalue weighted by molar-refractivity contribution is 0.102. The molecule has 0 saturated carbocycles. The van der Waals surface area contributed by atoms with Crippen LogP contribution in [0.1, 0.15) is 21.6 Å².